The summed E-state index contributed by atoms with van der Waals surface area (Å²) in [6.45, 7) is 4.92. The molecule has 2 aromatic carbocycles. The number of fused-ring (bicyclic) bond motifs is 1. The molecule has 208 valence electrons. The average Bonchev–Trinajstić information content (AvgIpc) is 2.91. The van der Waals surface area contributed by atoms with Crippen molar-refractivity contribution in [2.75, 3.05) is 7.11 Å². The number of nitrogens with zero attached hydrogens (tertiary/aromatic N) is 2. The Morgan fingerprint density at radius 3 is 2.37 bits per heavy atom. The van der Waals surface area contributed by atoms with Gasteiger partial charge in [0.25, 0.3) is 0 Å². The third kappa shape index (κ3) is 5.28. The molecule has 0 saturated carbocycles. The van der Waals surface area contributed by atoms with E-state index in [9.17, 15) is 14.0 Å². The Labute approximate surface area is 232 Å². The maximum Gasteiger partial charge on any atom is 0.200 e. The van der Waals surface area contributed by atoms with Crippen molar-refractivity contribution >= 4 is 16.8 Å². The van der Waals surface area contributed by atoms with Crippen LogP contribution in [0, 0.1) is 38.2 Å². The van der Waals surface area contributed by atoms with Crippen LogP contribution in [0.25, 0.3) is 22.2 Å². The lowest BCUT2D eigenvalue weighted by Crippen LogP contribution is -2.23. The van der Waals surface area contributed by atoms with Crippen molar-refractivity contribution in [1.29, 1.82) is 0 Å². The first-order chi connectivity index (χ1) is 19.6. The second kappa shape index (κ2) is 10.9. The number of aromatic nitrogens is 3. The maximum atomic E-state index is 15.1. The van der Waals surface area contributed by atoms with Crippen molar-refractivity contribution in [2.45, 2.75) is 27.2 Å². The molecule has 0 aliphatic rings. The zero-order valence-corrected chi connectivity index (χ0v) is 22.6. The number of nitrogens with one attached hydrogen (secondary N) is 1. The number of halogens is 3. The number of carbonyl (C=O) groups is 1. The topological polar surface area (TPSA) is 94.2 Å². The molecular formula is C31H24F3N3O4. The van der Waals surface area contributed by atoms with Crippen LogP contribution in [-0.4, -0.2) is 27.8 Å². The van der Waals surface area contributed by atoms with Crippen LogP contribution < -0.4 is 14.9 Å². The van der Waals surface area contributed by atoms with Gasteiger partial charge in [-0.15, -0.1) is 0 Å². The van der Waals surface area contributed by atoms with Gasteiger partial charge >= 0.3 is 0 Å². The van der Waals surface area contributed by atoms with Crippen molar-refractivity contribution in [1.82, 2.24) is 15.0 Å². The first-order valence-electron chi connectivity index (χ1n) is 12.5. The van der Waals surface area contributed by atoms with Crippen LogP contribution in [-0.2, 0) is 6.42 Å². The molecule has 3 heterocycles. The minimum Gasteiger partial charge on any atom is -0.495 e. The zero-order chi connectivity index (χ0) is 29.4. The zero-order valence-electron chi connectivity index (χ0n) is 22.6. The van der Waals surface area contributed by atoms with Crippen molar-refractivity contribution in [3.8, 4) is 28.4 Å². The molecule has 0 aliphatic carbocycles. The van der Waals surface area contributed by atoms with Gasteiger partial charge in [-0.3, -0.25) is 14.6 Å². The number of methoxy groups -OCH3 is 1. The highest BCUT2D eigenvalue weighted by atomic mass is 19.1. The van der Waals surface area contributed by atoms with E-state index in [-0.39, 0.29) is 28.0 Å². The quantitative estimate of drug-likeness (QED) is 0.227. The molecule has 7 nitrogen and oxygen atoms in total. The van der Waals surface area contributed by atoms with Crippen LogP contribution in [0.4, 0.5) is 13.2 Å². The number of aryl methyl sites for hydroxylation is 3. The fraction of sp³-hybridized carbons (Fsp3) is 0.161. The molecule has 0 aliphatic heterocycles. The molecule has 0 bridgehead atoms. The highest BCUT2D eigenvalue weighted by molar-refractivity contribution is 5.99. The molecular weight excluding hydrogens is 535 g/mol. The number of carbonyl (C=O) groups excluding carboxylic acids is 1. The smallest absolute Gasteiger partial charge is 0.200 e. The van der Waals surface area contributed by atoms with Gasteiger partial charge in [-0.25, -0.2) is 18.2 Å². The third-order valence-electron chi connectivity index (χ3n) is 6.70. The van der Waals surface area contributed by atoms with Crippen molar-refractivity contribution < 1.29 is 27.4 Å². The Kier molecular flexibility index (Phi) is 7.32. The molecule has 41 heavy (non-hydrogen) atoms. The molecule has 3 aromatic heterocycles. The van der Waals surface area contributed by atoms with E-state index in [1.165, 1.54) is 43.8 Å². The normalized spacial score (nSPS) is 11.1. The highest BCUT2D eigenvalue weighted by Crippen LogP contribution is 2.33. The summed E-state index contributed by atoms with van der Waals surface area (Å²) in [7, 11) is 1.47. The molecule has 0 unspecified atom stereocenters. The van der Waals surface area contributed by atoms with Crippen LogP contribution in [0.3, 0.4) is 0 Å². The van der Waals surface area contributed by atoms with Crippen LogP contribution in [0.15, 0.2) is 59.7 Å². The van der Waals surface area contributed by atoms with Gasteiger partial charge in [0, 0.05) is 41.7 Å². The predicted molar refractivity (Wildman–Crippen MR) is 147 cm³/mol. The van der Waals surface area contributed by atoms with Gasteiger partial charge in [0.2, 0.25) is 5.43 Å². The molecule has 0 radical (unpaired) electrons. The van der Waals surface area contributed by atoms with E-state index in [0.717, 1.165) is 12.1 Å². The first kappa shape index (κ1) is 27.6. The number of ether oxygens (including phenoxy) is 2. The van der Waals surface area contributed by atoms with E-state index < -0.39 is 40.8 Å². The predicted octanol–water partition coefficient (Wildman–Crippen LogP) is 6.55. The Hall–Kier alpha value is -4.99. The standard InChI is InChI=1S/C31H24F3N3O4/c1-15-9-19(32)5-6-21(15)27-16(2)37-17(3)28(30(27)39)25(38)12-18-10-22(33)31(23(34)11-18)41-26-7-8-35-24-13-20(40-4)14-36-29(24)26/h5-11,13-14H,12H2,1-4H3,(H,37,39). The van der Waals surface area contributed by atoms with Gasteiger partial charge < -0.3 is 14.5 Å². The molecule has 0 spiro atoms. The fourth-order valence-corrected chi connectivity index (χ4v) is 4.82. The van der Waals surface area contributed by atoms with Gasteiger partial charge in [-0.2, -0.15) is 0 Å². The minimum atomic E-state index is -1.04. The van der Waals surface area contributed by atoms with E-state index >= 15 is 8.78 Å². The second-order valence-electron chi connectivity index (χ2n) is 9.56. The fourth-order valence-electron chi connectivity index (χ4n) is 4.82. The third-order valence-corrected chi connectivity index (χ3v) is 6.70. The lowest BCUT2D eigenvalue weighted by atomic mass is 9.93. The van der Waals surface area contributed by atoms with Gasteiger partial charge in [-0.05, 0) is 61.7 Å². The van der Waals surface area contributed by atoms with E-state index in [2.05, 4.69) is 15.0 Å². The summed E-state index contributed by atoms with van der Waals surface area (Å²) >= 11 is 0. The number of ketones is 1. The Morgan fingerprint density at radius 1 is 0.951 bits per heavy atom. The lowest BCUT2D eigenvalue weighted by Gasteiger charge is -2.14. The Bertz CT molecular complexity index is 1880. The number of H-pyrrole nitrogens is 1. The molecule has 10 heteroatoms. The van der Waals surface area contributed by atoms with Gasteiger partial charge in [0.1, 0.15) is 17.1 Å². The number of hydrogen-bond acceptors (Lipinski definition) is 6. The average molecular weight is 560 g/mol. The Morgan fingerprint density at radius 2 is 1.68 bits per heavy atom. The summed E-state index contributed by atoms with van der Waals surface area (Å²) in [5.74, 6) is -3.30. The molecule has 5 rings (SSSR count). The van der Waals surface area contributed by atoms with Gasteiger partial charge in [-0.1, -0.05) is 6.07 Å². The van der Waals surface area contributed by atoms with E-state index in [1.807, 2.05) is 0 Å². The molecule has 1 N–H and O–H groups in total. The second-order valence-corrected chi connectivity index (χ2v) is 9.56. The number of hydrogen-bond donors (Lipinski definition) is 1. The van der Waals surface area contributed by atoms with Crippen molar-refractivity contribution in [3.05, 3.63) is 111 Å². The van der Waals surface area contributed by atoms with Crippen LogP contribution in [0.5, 0.6) is 17.2 Å². The monoisotopic (exact) mass is 559 g/mol. The molecule has 0 atom stereocenters. The number of Topliss-reactive ketones (excluding diaryl/α,β-unsaturated/α-hetero) is 1. The summed E-state index contributed by atoms with van der Waals surface area (Å²) in [5, 5.41) is 0. The van der Waals surface area contributed by atoms with Crippen LogP contribution in [0.1, 0.15) is 32.9 Å². The summed E-state index contributed by atoms with van der Waals surface area (Å²) < 4.78 is 54.6. The minimum absolute atomic E-state index is 0.0127. The van der Waals surface area contributed by atoms with E-state index in [1.54, 1.807) is 26.8 Å². The summed E-state index contributed by atoms with van der Waals surface area (Å²) in [6.07, 6.45) is 2.39. The maximum absolute atomic E-state index is 15.1. The van der Waals surface area contributed by atoms with Crippen molar-refractivity contribution in [2.24, 2.45) is 0 Å². The summed E-state index contributed by atoms with van der Waals surface area (Å²) in [6, 6.07) is 9.01. The summed E-state index contributed by atoms with van der Waals surface area (Å²) in [5.41, 5.74) is 2.06. The largest absolute Gasteiger partial charge is 0.495 e. The number of pyridine rings is 3. The SMILES string of the molecule is COc1cnc2c(Oc3c(F)cc(CC(=O)c4c(C)[nH]c(C)c(-c5ccc(F)cc5C)c4=O)cc3F)ccnc2c1. The Balaban J connectivity index is 1.46. The molecule has 0 amide bonds. The number of aromatic amines is 1. The molecule has 0 saturated heterocycles. The van der Waals surface area contributed by atoms with Crippen LogP contribution >= 0.6 is 0 Å². The van der Waals surface area contributed by atoms with E-state index in [0.29, 0.717) is 33.8 Å². The highest BCUT2D eigenvalue weighted by Gasteiger charge is 2.23. The number of rotatable bonds is 7. The number of benzene rings is 2. The van der Waals surface area contributed by atoms with Gasteiger partial charge in [0.05, 0.1) is 24.4 Å². The van der Waals surface area contributed by atoms with Crippen LogP contribution in [0.2, 0.25) is 0 Å². The summed E-state index contributed by atoms with van der Waals surface area (Å²) in [4.78, 5) is 38.2. The lowest BCUT2D eigenvalue weighted by molar-refractivity contribution is 0.0991. The van der Waals surface area contributed by atoms with Gasteiger partial charge in [0.15, 0.2) is 28.9 Å². The first-order valence-corrected chi connectivity index (χ1v) is 12.5. The molecule has 5 aromatic rings. The van der Waals surface area contributed by atoms with E-state index in [4.69, 9.17) is 9.47 Å². The van der Waals surface area contributed by atoms with Crippen molar-refractivity contribution in [3.63, 3.8) is 0 Å². The molecule has 0 fully saturated rings.